The fourth-order valence-corrected chi connectivity index (χ4v) is 3.49. The van der Waals surface area contributed by atoms with Crippen molar-refractivity contribution in [3.63, 3.8) is 0 Å². The Bertz CT molecular complexity index is 504. The van der Waals surface area contributed by atoms with Crippen molar-refractivity contribution in [1.29, 1.82) is 0 Å². The van der Waals surface area contributed by atoms with Crippen LogP contribution < -0.4 is 10.2 Å². The maximum Gasteiger partial charge on any atom is 0.228 e. The van der Waals surface area contributed by atoms with Crippen molar-refractivity contribution in [3.05, 3.63) is 5.15 Å². The average molecular weight is 364 g/mol. The van der Waals surface area contributed by atoms with Crippen LogP contribution in [0.15, 0.2) is 4.90 Å². The van der Waals surface area contributed by atoms with Gasteiger partial charge in [-0.2, -0.15) is 9.97 Å². The van der Waals surface area contributed by atoms with Gasteiger partial charge in [-0.3, -0.25) is 0 Å². The number of nitrogens with zero attached hydrogens (tertiary/aromatic N) is 4. The fraction of sp³-hybridized carbons (Fsp3) is 0.714. The average Bonchev–Trinajstić information content (AvgIpc) is 2.43. The minimum Gasteiger partial charge on any atom is -0.366 e. The van der Waals surface area contributed by atoms with Gasteiger partial charge < -0.3 is 15.1 Å². The fourth-order valence-electron chi connectivity index (χ4n) is 2.58. The number of hydrogen-bond acceptors (Lipinski definition) is 6. The van der Waals surface area contributed by atoms with E-state index in [0.29, 0.717) is 11.2 Å². The second-order valence-electron chi connectivity index (χ2n) is 5.76. The van der Waals surface area contributed by atoms with Crippen molar-refractivity contribution in [2.24, 2.45) is 0 Å². The standard InChI is InChI=1S/C14H22ClN5S.ClH/c1-19-6-8-20(9-7-19)14-17-12(15)11(21-2)13(18-14)16-10-4-3-5-10;/h10H,3-9H2,1-2H3,(H,16,17,18);1H. The molecule has 0 unspecified atom stereocenters. The largest absolute Gasteiger partial charge is 0.366 e. The normalized spacial score (nSPS) is 19.5. The molecular weight excluding hydrogens is 341 g/mol. The van der Waals surface area contributed by atoms with Crippen molar-refractivity contribution >= 4 is 47.5 Å². The van der Waals surface area contributed by atoms with Gasteiger partial charge in [-0.15, -0.1) is 24.2 Å². The van der Waals surface area contributed by atoms with Crippen LogP contribution in [-0.2, 0) is 0 Å². The van der Waals surface area contributed by atoms with Gasteiger partial charge in [0.25, 0.3) is 0 Å². The molecule has 2 fully saturated rings. The molecule has 1 aliphatic heterocycles. The van der Waals surface area contributed by atoms with Crippen molar-refractivity contribution in [3.8, 4) is 0 Å². The highest BCUT2D eigenvalue weighted by atomic mass is 35.5. The second-order valence-corrected chi connectivity index (χ2v) is 6.93. The summed E-state index contributed by atoms with van der Waals surface area (Å²) in [6.07, 6.45) is 5.76. The van der Waals surface area contributed by atoms with Gasteiger partial charge >= 0.3 is 0 Å². The summed E-state index contributed by atoms with van der Waals surface area (Å²) < 4.78 is 0. The van der Waals surface area contributed by atoms with Crippen LogP contribution in [0.5, 0.6) is 0 Å². The molecule has 1 saturated heterocycles. The first-order valence-electron chi connectivity index (χ1n) is 7.49. The van der Waals surface area contributed by atoms with Crippen LogP contribution >= 0.6 is 35.8 Å². The van der Waals surface area contributed by atoms with Crippen molar-refractivity contribution in [2.45, 2.75) is 30.2 Å². The third kappa shape index (κ3) is 3.91. The molecule has 8 heteroatoms. The summed E-state index contributed by atoms with van der Waals surface area (Å²) in [7, 11) is 2.14. The van der Waals surface area contributed by atoms with Crippen molar-refractivity contribution < 1.29 is 0 Å². The van der Waals surface area contributed by atoms with E-state index in [-0.39, 0.29) is 12.4 Å². The summed E-state index contributed by atoms with van der Waals surface area (Å²) in [6.45, 7) is 3.98. The number of likely N-dealkylation sites (N-methyl/N-ethyl adjacent to an activating group) is 1. The van der Waals surface area contributed by atoms with Crippen LogP contribution in [0.4, 0.5) is 11.8 Å². The zero-order chi connectivity index (χ0) is 14.8. The summed E-state index contributed by atoms with van der Waals surface area (Å²) in [4.78, 5) is 14.8. The predicted molar refractivity (Wildman–Crippen MR) is 97.0 cm³/mol. The highest BCUT2D eigenvalue weighted by Gasteiger charge is 2.23. The number of hydrogen-bond donors (Lipinski definition) is 1. The third-order valence-corrected chi connectivity index (χ3v) is 5.43. The molecule has 0 aromatic carbocycles. The van der Waals surface area contributed by atoms with Crippen LogP contribution in [0.3, 0.4) is 0 Å². The van der Waals surface area contributed by atoms with E-state index in [4.69, 9.17) is 16.6 Å². The molecule has 0 amide bonds. The SMILES string of the molecule is CSc1c(Cl)nc(N2CCN(C)CC2)nc1NC1CCC1.Cl. The third-order valence-electron chi connectivity index (χ3n) is 4.25. The van der Waals surface area contributed by atoms with Crippen molar-refractivity contribution in [2.75, 3.05) is 49.7 Å². The molecule has 0 radical (unpaired) electrons. The highest BCUT2D eigenvalue weighted by Crippen LogP contribution is 2.34. The summed E-state index contributed by atoms with van der Waals surface area (Å²) in [6, 6.07) is 0.544. The summed E-state index contributed by atoms with van der Waals surface area (Å²) in [5.41, 5.74) is 0. The molecule has 2 heterocycles. The number of rotatable bonds is 4. The Kier molecular flexibility index (Phi) is 6.44. The molecule has 1 saturated carbocycles. The molecule has 1 N–H and O–H groups in total. The smallest absolute Gasteiger partial charge is 0.228 e. The molecule has 3 rings (SSSR count). The first-order valence-corrected chi connectivity index (χ1v) is 9.09. The van der Waals surface area contributed by atoms with E-state index in [9.17, 15) is 0 Å². The number of halogens is 2. The Morgan fingerprint density at radius 3 is 2.41 bits per heavy atom. The Balaban J connectivity index is 0.00000176. The van der Waals surface area contributed by atoms with E-state index >= 15 is 0 Å². The molecule has 1 aromatic rings. The van der Waals surface area contributed by atoms with E-state index in [2.05, 4.69) is 27.1 Å². The van der Waals surface area contributed by atoms with Crippen LogP contribution in [0.2, 0.25) is 5.15 Å². The topological polar surface area (TPSA) is 44.3 Å². The first kappa shape index (κ1) is 17.9. The van der Waals surface area contributed by atoms with Gasteiger partial charge in [0.05, 0.1) is 4.90 Å². The lowest BCUT2D eigenvalue weighted by atomic mass is 9.93. The van der Waals surface area contributed by atoms with Crippen LogP contribution in [0, 0.1) is 0 Å². The number of nitrogens with one attached hydrogen (secondary N) is 1. The summed E-state index contributed by atoms with van der Waals surface area (Å²) >= 11 is 7.99. The van der Waals surface area contributed by atoms with E-state index < -0.39 is 0 Å². The van der Waals surface area contributed by atoms with E-state index in [1.807, 2.05) is 6.26 Å². The highest BCUT2D eigenvalue weighted by molar-refractivity contribution is 7.98. The predicted octanol–water partition coefficient (Wildman–Crippen LogP) is 2.99. The van der Waals surface area contributed by atoms with Gasteiger partial charge in [0.15, 0.2) is 0 Å². The van der Waals surface area contributed by atoms with Gasteiger partial charge in [0.2, 0.25) is 5.95 Å². The first-order chi connectivity index (χ1) is 10.2. The molecule has 1 aromatic heterocycles. The van der Waals surface area contributed by atoms with E-state index in [1.165, 1.54) is 19.3 Å². The molecule has 0 atom stereocenters. The Morgan fingerprint density at radius 2 is 1.86 bits per heavy atom. The Hall–Kier alpha value is -0.430. The Morgan fingerprint density at radius 1 is 1.18 bits per heavy atom. The molecule has 2 aliphatic rings. The van der Waals surface area contributed by atoms with Gasteiger partial charge in [-0.25, -0.2) is 0 Å². The molecule has 22 heavy (non-hydrogen) atoms. The molecular formula is C14H23Cl2N5S. The zero-order valence-electron chi connectivity index (χ0n) is 13.0. The molecule has 124 valence electrons. The Labute approximate surface area is 147 Å². The van der Waals surface area contributed by atoms with Gasteiger partial charge in [0.1, 0.15) is 11.0 Å². The van der Waals surface area contributed by atoms with Gasteiger partial charge in [0, 0.05) is 32.2 Å². The maximum absolute atomic E-state index is 6.38. The van der Waals surface area contributed by atoms with E-state index in [0.717, 1.165) is 42.8 Å². The minimum absolute atomic E-state index is 0. The summed E-state index contributed by atoms with van der Waals surface area (Å²) in [5, 5.41) is 4.10. The zero-order valence-corrected chi connectivity index (χ0v) is 15.4. The van der Waals surface area contributed by atoms with Gasteiger partial charge in [-0.05, 0) is 32.6 Å². The molecule has 1 aliphatic carbocycles. The number of anilines is 2. The number of piperazine rings is 1. The lowest BCUT2D eigenvalue weighted by Crippen LogP contribution is -2.45. The second kappa shape index (κ2) is 7.90. The lowest BCUT2D eigenvalue weighted by molar-refractivity contribution is 0.311. The number of thioether (sulfide) groups is 1. The number of aromatic nitrogens is 2. The quantitative estimate of drug-likeness (QED) is 0.655. The lowest BCUT2D eigenvalue weighted by Gasteiger charge is -2.33. The van der Waals surface area contributed by atoms with Gasteiger partial charge in [-0.1, -0.05) is 11.6 Å². The summed E-state index contributed by atoms with van der Waals surface area (Å²) in [5.74, 6) is 1.66. The van der Waals surface area contributed by atoms with Crippen LogP contribution in [0.1, 0.15) is 19.3 Å². The molecule has 0 spiro atoms. The minimum atomic E-state index is 0. The van der Waals surface area contributed by atoms with E-state index in [1.54, 1.807) is 11.8 Å². The maximum atomic E-state index is 6.38. The van der Waals surface area contributed by atoms with Crippen molar-refractivity contribution in [1.82, 2.24) is 14.9 Å². The monoisotopic (exact) mass is 363 g/mol. The van der Waals surface area contributed by atoms with Crippen LogP contribution in [0.25, 0.3) is 0 Å². The molecule has 0 bridgehead atoms. The van der Waals surface area contributed by atoms with Crippen LogP contribution in [-0.4, -0.2) is 60.4 Å². The molecule has 5 nitrogen and oxygen atoms in total.